The molecule has 0 saturated carbocycles. The number of fused-ring (bicyclic) bond motifs is 12. The Labute approximate surface area is 277 Å². The summed E-state index contributed by atoms with van der Waals surface area (Å²) in [5.41, 5.74) is 13.5. The van der Waals surface area contributed by atoms with E-state index in [2.05, 4.69) is 137 Å². The van der Waals surface area contributed by atoms with Crippen molar-refractivity contribution in [3.05, 3.63) is 137 Å². The molecular formula is C42H39N5. The van der Waals surface area contributed by atoms with E-state index >= 15 is 0 Å². The van der Waals surface area contributed by atoms with Gasteiger partial charge in [0.1, 0.15) is 18.2 Å². The zero-order chi connectivity index (χ0) is 31.3. The number of benzene rings is 4. The summed E-state index contributed by atoms with van der Waals surface area (Å²) in [4.78, 5) is 17.4. The molecule has 5 aliphatic rings. The normalized spacial score (nSPS) is 26.3. The molecule has 5 unspecified atom stereocenters. The Morgan fingerprint density at radius 1 is 0.809 bits per heavy atom. The molecule has 1 aliphatic carbocycles. The van der Waals surface area contributed by atoms with Gasteiger partial charge in [-0.15, -0.1) is 0 Å². The Hall–Kier alpha value is -4.90. The summed E-state index contributed by atoms with van der Waals surface area (Å²) in [6.07, 6.45) is 11.7. The molecule has 0 amide bonds. The largest absolute Gasteiger partial charge is 0.337 e. The minimum Gasteiger partial charge on any atom is -0.337 e. The van der Waals surface area contributed by atoms with E-state index in [0.29, 0.717) is 17.9 Å². The van der Waals surface area contributed by atoms with Crippen LogP contribution in [0.4, 0.5) is 28.6 Å². The average molecular weight is 614 g/mol. The van der Waals surface area contributed by atoms with Gasteiger partial charge in [0, 0.05) is 35.6 Å². The Morgan fingerprint density at radius 2 is 1.62 bits per heavy atom. The molecule has 1 spiro atoms. The van der Waals surface area contributed by atoms with Crippen molar-refractivity contribution in [2.75, 3.05) is 21.7 Å². The van der Waals surface area contributed by atoms with Gasteiger partial charge in [-0.05, 0) is 95.2 Å². The number of hydrogen-bond acceptors (Lipinski definition) is 5. The smallest absolute Gasteiger partial charge is 0.157 e. The molecule has 4 aliphatic heterocycles. The third-order valence-corrected chi connectivity index (χ3v) is 12.2. The van der Waals surface area contributed by atoms with Gasteiger partial charge in [-0.1, -0.05) is 92.2 Å². The van der Waals surface area contributed by atoms with E-state index < -0.39 is 0 Å². The van der Waals surface area contributed by atoms with Crippen LogP contribution in [-0.4, -0.2) is 29.2 Å². The summed E-state index contributed by atoms with van der Waals surface area (Å²) in [7, 11) is 2.28. The monoisotopic (exact) mass is 613 g/mol. The fourth-order valence-corrected chi connectivity index (χ4v) is 10.5. The van der Waals surface area contributed by atoms with Gasteiger partial charge in [-0.2, -0.15) is 0 Å². The first-order chi connectivity index (χ1) is 23.2. The van der Waals surface area contributed by atoms with Crippen molar-refractivity contribution in [2.45, 2.75) is 62.6 Å². The van der Waals surface area contributed by atoms with Crippen molar-refractivity contribution in [3.8, 4) is 0 Å². The number of anilines is 5. The van der Waals surface area contributed by atoms with Crippen LogP contribution in [0.3, 0.4) is 0 Å². The fraction of sp³-hybridized carbons (Fsp3) is 0.286. The second-order valence-electron chi connectivity index (χ2n) is 14.2. The molecule has 2 bridgehead atoms. The number of aromatic nitrogens is 2. The van der Waals surface area contributed by atoms with Crippen LogP contribution in [-0.2, 0) is 11.8 Å². The highest BCUT2D eigenvalue weighted by Crippen LogP contribution is 2.64. The molecule has 5 nitrogen and oxygen atoms in total. The second kappa shape index (κ2) is 10.0. The van der Waals surface area contributed by atoms with E-state index in [9.17, 15) is 0 Å². The van der Waals surface area contributed by atoms with Crippen LogP contribution in [0.15, 0.2) is 110 Å². The Balaban J connectivity index is 1.24. The van der Waals surface area contributed by atoms with Gasteiger partial charge in [-0.25, -0.2) is 9.97 Å². The number of nitrogens with zero attached hydrogens (tertiary/aromatic N) is 5. The average Bonchev–Trinajstić information content (AvgIpc) is 3.43. The molecule has 0 saturated heterocycles. The van der Waals surface area contributed by atoms with Gasteiger partial charge in [0.05, 0.1) is 6.20 Å². The number of hydrogen-bond donors (Lipinski definition) is 0. The van der Waals surface area contributed by atoms with Crippen molar-refractivity contribution >= 4 is 40.2 Å². The van der Waals surface area contributed by atoms with Crippen LogP contribution < -0.4 is 14.7 Å². The lowest BCUT2D eigenvalue weighted by Crippen LogP contribution is -2.58. The molecule has 0 fully saturated rings. The maximum atomic E-state index is 4.92. The molecule has 10 rings (SSSR count). The highest BCUT2D eigenvalue weighted by molar-refractivity contribution is 5.91. The number of rotatable bonds is 2. The highest BCUT2D eigenvalue weighted by Gasteiger charge is 2.61. The summed E-state index contributed by atoms with van der Waals surface area (Å²) < 4.78 is 0. The zero-order valence-corrected chi connectivity index (χ0v) is 27.1. The molecular weight excluding hydrogens is 574 g/mol. The molecule has 0 N–H and O–H groups in total. The van der Waals surface area contributed by atoms with Crippen molar-refractivity contribution in [1.29, 1.82) is 0 Å². The molecule has 5 heterocycles. The van der Waals surface area contributed by atoms with Crippen molar-refractivity contribution in [1.82, 2.24) is 9.97 Å². The SMILES string of the molecule is CCC1C2Cc3ccc(c2c3)N2c3cncnc3N(C)C2C12CCC1CC(c3ccccc3)=Cc3ccccc3N1c1ccccc12. The van der Waals surface area contributed by atoms with Crippen LogP contribution in [0, 0.1) is 5.92 Å². The predicted molar refractivity (Wildman–Crippen MR) is 192 cm³/mol. The first kappa shape index (κ1) is 27.2. The molecule has 0 radical (unpaired) electrons. The summed E-state index contributed by atoms with van der Waals surface area (Å²) >= 11 is 0. The molecule has 5 heteroatoms. The van der Waals surface area contributed by atoms with Crippen LogP contribution >= 0.6 is 0 Å². The van der Waals surface area contributed by atoms with Crippen LogP contribution in [0.25, 0.3) is 11.6 Å². The summed E-state index contributed by atoms with van der Waals surface area (Å²) in [6.45, 7) is 2.45. The van der Waals surface area contributed by atoms with E-state index in [0.717, 1.165) is 43.6 Å². The molecule has 47 heavy (non-hydrogen) atoms. The van der Waals surface area contributed by atoms with Crippen molar-refractivity contribution in [3.63, 3.8) is 0 Å². The van der Waals surface area contributed by atoms with Gasteiger partial charge in [0.2, 0.25) is 0 Å². The zero-order valence-electron chi connectivity index (χ0n) is 27.1. The third-order valence-electron chi connectivity index (χ3n) is 12.2. The molecule has 4 aromatic carbocycles. The predicted octanol–water partition coefficient (Wildman–Crippen LogP) is 9.25. The highest BCUT2D eigenvalue weighted by atomic mass is 15.5. The fourth-order valence-electron chi connectivity index (χ4n) is 10.5. The lowest BCUT2D eigenvalue weighted by Gasteiger charge is -2.50. The minimum atomic E-state index is -0.162. The lowest BCUT2D eigenvalue weighted by molar-refractivity contribution is 0.171. The Bertz CT molecular complexity index is 2070. The van der Waals surface area contributed by atoms with Gasteiger partial charge in [-0.3, -0.25) is 0 Å². The lowest BCUT2D eigenvalue weighted by atomic mass is 9.59. The first-order valence-corrected chi connectivity index (χ1v) is 17.4. The molecule has 232 valence electrons. The Kier molecular flexibility index (Phi) is 5.82. The summed E-state index contributed by atoms with van der Waals surface area (Å²) in [5.74, 6) is 1.96. The quantitative estimate of drug-likeness (QED) is 0.198. The standard InChI is InChI=1S/C42H39N5/c1-3-34-32-21-27-17-18-37(33(32)22-27)47-39-25-43-26-44-40(39)45(2)41(47)42(34)20-19-31-24-30(28-11-5-4-6-12-28)23-29-13-7-9-15-36(29)46(31)38-16-10-8-14-35(38)42/h4-18,22-23,25-26,31-32,34,41H,3,19-21,24H2,1-2H3. The molecule has 1 aromatic heterocycles. The van der Waals surface area contributed by atoms with Gasteiger partial charge in [0.15, 0.2) is 5.82 Å². The van der Waals surface area contributed by atoms with Gasteiger partial charge in [0.25, 0.3) is 0 Å². The van der Waals surface area contributed by atoms with Crippen molar-refractivity contribution in [2.24, 2.45) is 5.92 Å². The van der Waals surface area contributed by atoms with E-state index in [-0.39, 0.29) is 11.6 Å². The topological polar surface area (TPSA) is 35.5 Å². The van der Waals surface area contributed by atoms with Crippen LogP contribution in [0.1, 0.15) is 66.3 Å². The molecule has 5 atom stereocenters. The van der Waals surface area contributed by atoms with Crippen molar-refractivity contribution < 1.29 is 0 Å². The maximum Gasteiger partial charge on any atom is 0.157 e. The summed E-state index contributed by atoms with van der Waals surface area (Å²) in [5, 5.41) is 0. The van der Waals surface area contributed by atoms with Crippen LogP contribution in [0.2, 0.25) is 0 Å². The number of para-hydroxylation sites is 2. The van der Waals surface area contributed by atoms with E-state index in [1.54, 1.807) is 6.33 Å². The summed E-state index contributed by atoms with van der Waals surface area (Å²) in [6, 6.07) is 37.1. The van der Waals surface area contributed by atoms with Crippen LogP contribution in [0.5, 0.6) is 0 Å². The molecule has 5 aromatic rings. The second-order valence-corrected chi connectivity index (χ2v) is 14.2. The van der Waals surface area contributed by atoms with E-state index in [1.165, 1.54) is 50.5 Å². The van der Waals surface area contributed by atoms with Gasteiger partial charge < -0.3 is 14.7 Å². The first-order valence-electron chi connectivity index (χ1n) is 17.4. The Morgan fingerprint density at radius 3 is 2.49 bits per heavy atom. The van der Waals surface area contributed by atoms with E-state index in [1.807, 2.05) is 6.20 Å². The van der Waals surface area contributed by atoms with Gasteiger partial charge >= 0.3 is 0 Å². The number of likely N-dealkylation sites (N-methyl/N-ethyl adjacent to an activating group) is 1. The third kappa shape index (κ3) is 3.66. The minimum absolute atomic E-state index is 0.0796. The maximum absolute atomic E-state index is 4.92. The van der Waals surface area contributed by atoms with E-state index in [4.69, 9.17) is 4.98 Å².